The molecule has 1 aliphatic heterocycles. The molecule has 1 saturated heterocycles. The van der Waals surface area contributed by atoms with E-state index in [-0.39, 0.29) is 12.2 Å². The topological polar surface area (TPSA) is 32.3 Å². The molecule has 18 heavy (non-hydrogen) atoms. The van der Waals surface area contributed by atoms with Crippen molar-refractivity contribution >= 4 is 5.91 Å². The molecule has 0 aliphatic carbocycles. The Morgan fingerprint density at radius 1 is 1.11 bits per heavy atom. The maximum Gasteiger partial charge on any atom is 0.241 e. The van der Waals surface area contributed by atoms with Gasteiger partial charge in [-0.1, -0.05) is 27.7 Å². The maximum absolute atomic E-state index is 12.4. The Bertz CT molecular complexity index is 276. The molecule has 1 rings (SSSR count). The highest BCUT2D eigenvalue weighted by Crippen LogP contribution is 2.22. The molecule has 106 valence electrons. The minimum absolute atomic E-state index is 0.0292. The number of amides is 1. The molecule has 3 nitrogen and oxygen atoms in total. The first-order chi connectivity index (χ1) is 8.32. The highest BCUT2D eigenvalue weighted by molar-refractivity contribution is 5.84. The molecule has 0 saturated carbocycles. The van der Waals surface area contributed by atoms with Gasteiger partial charge in [-0.05, 0) is 44.9 Å². The number of hydrogen-bond donors (Lipinski definition) is 1. The third kappa shape index (κ3) is 3.98. The van der Waals surface area contributed by atoms with Crippen LogP contribution in [0.1, 0.15) is 60.8 Å². The number of hydrogen-bond acceptors (Lipinski definition) is 2. The summed E-state index contributed by atoms with van der Waals surface area (Å²) >= 11 is 0. The van der Waals surface area contributed by atoms with Crippen LogP contribution in [-0.4, -0.2) is 29.1 Å². The second-order valence-corrected chi connectivity index (χ2v) is 6.59. The van der Waals surface area contributed by atoms with E-state index in [9.17, 15) is 4.79 Å². The Kier molecular flexibility index (Phi) is 5.64. The summed E-state index contributed by atoms with van der Waals surface area (Å²) in [6.45, 7) is 13.1. The first-order valence-electron chi connectivity index (χ1n) is 7.41. The van der Waals surface area contributed by atoms with E-state index in [4.69, 9.17) is 0 Å². The monoisotopic (exact) mass is 254 g/mol. The lowest BCUT2D eigenvalue weighted by Crippen LogP contribution is -2.41. The summed E-state index contributed by atoms with van der Waals surface area (Å²) in [6.07, 6.45) is 3.41. The zero-order valence-corrected chi connectivity index (χ0v) is 12.9. The molecule has 1 amide bonds. The molecule has 0 aromatic carbocycles. The van der Waals surface area contributed by atoms with Crippen molar-refractivity contribution in [3.8, 4) is 0 Å². The number of nitrogens with zero attached hydrogens (tertiary/aromatic N) is 1. The average molecular weight is 254 g/mol. The minimum Gasteiger partial charge on any atom is -0.323 e. The van der Waals surface area contributed by atoms with Gasteiger partial charge in [0.15, 0.2) is 0 Å². The molecule has 1 fully saturated rings. The molecule has 0 radical (unpaired) electrons. The molecule has 0 aromatic rings. The van der Waals surface area contributed by atoms with Gasteiger partial charge in [0.25, 0.3) is 0 Å². The molecular formula is C15H30N2O. The van der Waals surface area contributed by atoms with Crippen molar-refractivity contribution in [1.29, 1.82) is 0 Å². The highest BCUT2D eigenvalue weighted by Gasteiger charge is 2.38. The van der Waals surface area contributed by atoms with Crippen molar-refractivity contribution < 1.29 is 4.79 Å². The van der Waals surface area contributed by atoms with Crippen LogP contribution in [0.25, 0.3) is 0 Å². The largest absolute Gasteiger partial charge is 0.323 e. The van der Waals surface area contributed by atoms with E-state index < -0.39 is 0 Å². The average Bonchev–Trinajstić information content (AvgIpc) is 2.50. The number of rotatable bonds is 6. The van der Waals surface area contributed by atoms with Crippen LogP contribution in [0.15, 0.2) is 0 Å². The zero-order chi connectivity index (χ0) is 13.9. The van der Waals surface area contributed by atoms with E-state index in [0.29, 0.717) is 23.8 Å². The third-order valence-corrected chi connectivity index (χ3v) is 3.76. The van der Waals surface area contributed by atoms with Crippen LogP contribution >= 0.6 is 0 Å². The summed E-state index contributed by atoms with van der Waals surface area (Å²) in [5.41, 5.74) is 0. The molecule has 3 atom stereocenters. The molecule has 1 aliphatic rings. The molecular weight excluding hydrogens is 224 g/mol. The smallest absolute Gasteiger partial charge is 0.241 e. The van der Waals surface area contributed by atoms with Gasteiger partial charge in [-0.25, -0.2) is 0 Å². The predicted molar refractivity (Wildman–Crippen MR) is 76.2 cm³/mol. The van der Waals surface area contributed by atoms with Crippen molar-refractivity contribution in [3.05, 3.63) is 0 Å². The summed E-state index contributed by atoms with van der Waals surface area (Å²) in [5.74, 6) is 1.57. The lowest BCUT2D eigenvalue weighted by molar-refractivity contribution is -0.132. The van der Waals surface area contributed by atoms with E-state index >= 15 is 0 Å². The fraction of sp³-hybridized carbons (Fsp3) is 0.933. The molecule has 0 bridgehead atoms. The molecule has 0 spiro atoms. The minimum atomic E-state index is 0.0292. The van der Waals surface area contributed by atoms with Crippen LogP contribution in [0.3, 0.4) is 0 Å². The Balaban J connectivity index is 2.57. The van der Waals surface area contributed by atoms with Crippen LogP contribution in [-0.2, 0) is 4.79 Å². The van der Waals surface area contributed by atoms with Crippen molar-refractivity contribution in [2.24, 2.45) is 11.8 Å². The Morgan fingerprint density at radius 2 is 1.72 bits per heavy atom. The number of carbonyl (C=O) groups excluding carboxylic acids is 1. The Labute approximate surface area is 112 Å². The lowest BCUT2D eigenvalue weighted by atomic mass is 10.0. The van der Waals surface area contributed by atoms with Gasteiger partial charge in [-0.15, -0.1) is 0 Å². The molecule has 0 aromatic heterocycles. The first kappa shape index (κ1) is 15.5. The highest BCUT2D eigenvalue weighted by atomic mass is 16.2. The summed E-state index contributed by atoms with van der Waals surface area (Å²) in [4.78, 5) is 14.5. The molecule has 3 heteroatoms. The molecule has 3 unspecified atom stereocenters. The van der Waals surface area contributed by atoms with Crippen molar-refractivity contribution in [2.45, 2.75) is 79.1 Å². The summed E-state index contributed by atoms with van der Waals surface area (Å²) in [6, 6.07) is 0.376. The maximum atomic E-state index is 12.4. The van der Waals surface area contributed by atoms with Crippen LogP contribution in [0.5, 0.6) is 0 Å². The van der Waals surface area contributed by atoms with Crippen molar-refractivity contribution in [2.75, 3.05) is 0 Å². The fourth-order valence-corrected chi connectivity index (χ4v) is 2.77. The third-order valence-electron chi connectivity index (χ3n) is 3.76. The number of carbonyl (C=O) groups is 1. The second kappa shape index (κ2) is 6.55. The quantitative estimate of drug-likeness (QED) is 0.790. The Hall–Kier alpha value is -0.570. The standard InChI is InChI=1S/C15H30N2O/c1-10(2)7-8-12(5)17-13(6)16-14(15(17)18)9-11(3)4/h10-14,16H,7-9H2,1-6H3. The van der Waals surface area contributed by atoms with Gasteiger partial charge < -0.3 is 4.90 Å². The van der Waals surface area contributed by atoms with Crippen LogP contribution < -0.4 is 5.32 Å². The molecule has 1 heterocycles. The van der Waals surface area contributed by atoms with Gasteiger partial charge in [-0.3, -0.25) is 10.1 Å². The zero-order valence-electron chi connectivity index (χ0n) is 12.9. The second-order valence-electron chi connectivity index (χ2n) is 6.59. The van der Waals surface area contributed by atoms with E-state index in [1.165, 1.54) is 6.42 Å². The summed E-state index contributed by atoms with van der Waals surface area (Å²) in [5, 5.41) is 3.43. The van der Waals surface area contributed by atoms with Crippen LogP contribution in [0.2, 0.25) is 0 Å². The van der Waals surface area contributed by atoms with Gasteiger partial charge in [-0.2, -0.15) is 0 Å². The SMILES string of the molecule is CC(C)CCC(C)N1C(=O)C(CC(C)C)NC1C. The van der Waals surface area contributed by atoms with Gasteiger partial charge in [0.2, 0.25) is 5.91 Å². The summed E-state index contributed by atoms with van der Waals surface area (Å²) < 4.78 is 0. The van der Waals surface area contributed by atoms with E-state index in [1.807, 2.05) is 0 Å². The first-order valence-corrected chi connectivity index (χ1v) is 7.41. The predicted octanol–water partition coefficient (Wildman–Crippen LogP) is 3.00. The van der Waals surface area contributed by atoms with E-state index in [1.54, 1.807) is 0 Å². The number of nitrogens with one attached hydrogen (secondary N) is 1. The van der Waals surface area contributed by atoms with Crippen LogP contribution in [0.4, 0.5) is 0 Å². The van der Waals surface area contributed by atoms with E-state index in [0.717, 1.165) is 12.8 Å². The Morgan fingerprint density at radius 3 is 2.22 bits per heavy atom. The van der Waals surface area contributed by atoms with Gasteiger partial charge in [0, 0.05) is 6.04 Å². The lowest BCUT2D eigenvalue weighted by Gasteiger charge is -2.28. The summed E-state index contributed by atoms with van der Waals surface area (Å²) in [7, 11) is 0. The van der Waals surface area contributed by atoms with Crippen molar-refractivity contribution in [3.63, 3.8) is 0 Å². The molecule has 1 N–H and O–H groups in total. The van der Waals surface area contributed by atoms with Gasteiger partial charge in [0.05, 0.1) is 12.2 Å². The van der Waals surface area contributed by atoms with Gasteiger partial charge >= 0.3 is 0 Å². The van der Waals surface area contributed by atoms with Gasteiger partial charge in [0.1, 0.15) is 0 Å². The van der Waals surface area contributed by atoms with Crippen molar-refractivity contribution in [1.82, 2.24) is 10.2 Å². The fourth-order valence-electron chi connectivity index (χ4n) is 2.77. The van der Waals surface area contributed by atoms with E-state index in [2.05, 4.69) is 51.8 Å². The van der Waals surface area contributed by atoms with Crippen LogP contribution in [0, 0.1) is 11.8 Å². The normalized spacial score (nSPS) is 26.4.